The zero-order valence-electron chi connectivity index (χ0n) is 19.4. The van der Waals surface area contributed by atoms with Crippen LogP contribution in [0.15, 0.2) is 65.8 Å². The summed E-state index contributed by atoms with van der Waals surface area (Å²) in [5, 5.41) is 7.25. The van der Waals surface area contributed by atoms with Gasteiger partial charge >= 0.3 is 11.8 Å². The van der Waals surface area contributed by atoms with Crippen molar-refractivity contribution < 1.29 is 19.1 Å². The van der Waals surface area contributed by atoms with Crippen LogP contribution in [0.2, 0.25) is 5.02 Å². The molecule has 3 aromatic carbocycles. The number of carbonyl (C=O) groups excluding carboxylic acids is 2. The van der Waals surface area contributed by atoms with Crippen molar-refractivity contribution in [2.75, 3.05) is 12.4 Å². The second kappa shape index (κ2) is 11.3. The minimum absolute atomic E-state index is 0.286. The van der Waals surface area contributed by atoms with Crippen LogP contribution < -0.4 is 20.2 Å². The lowest BCUT2D eigenvalue weighted by molar-refractivity contribution is -0.136. The second-order valence-electron chi connectivity index (χ2n) is 7.71. The largest absolute Gasteiger partial charge is 0.493 e. The molecule has 34 heavy (non-hydrogen) atoms. The highest BCUT2D eigenvalue weighted by atomic mass is 35.5. The number of ether oxygens (including phenoxy) is 2. The van der Waals surface area contributed by atoms with Crippen LogP contribution in [0.25, 0.3) is 0 Å². The first-order chi connectivity index (χ1) is 16.3. The molecule has 0 aliphatic carbocycles. The average Bonchev–Trinajstić information content (AvgIpc) is 2.81. The second-order valence-corrected chi connectivity index (χ2v) is 8.12. The van der Waals surface area contributed by atoms with E-state index in [2.05, 4.69) is 15.8 Å². The van der Waals surface area contributed by atoms with E-state index in [1.807, 2.05) is 38.1 Å². The fraction of sp³-hybridized carbons (Fsp3) is 0.192. The summed E-state index contributed by atoms with van der Waals surface area (Å²) in [6.07, 6.45) is 0. The first kappa shape index (κ1) is 24.8. The molecule has 0 aliphatic rings. The lowest BCUT2D eigenvalue weighted by Crippen LogP contribution is -2.33. The first-order valence-electron chi connectivity index (χ1n) is 10.6. The third-order valence-corrected chi connectivity index (χ3v) is 5.30. The minimum Gasteiger partial charge on any atom is -0.493 e. The summed E-state index contributed by atoms with van der Waals surface area (Å²) < 4.78 is 11.3. The van der Waals surface area contributed by atoms with Crippen molar-refractivity contribution in [3.05, 3.63) is 87.9 Å². The van der Waals surface area contributed by atoms with Gasteiger partial charge in [0.25, 0.3) is 0 Å². The van der Waals surface area contributed by atoms with Gasteiger partial charge in [-0.15, -0.1) is 0 Å². The lowest BCUT2D eigenvalue weighted by atomic mass is 10.1. The number of halogens is 1. The molecule has 0 spiro atoms. The molecule has 176 valence electrons. The summed E-state index contributed by atoms with van der Waals surface area (Å²) in [5.74, 6) is -0.638. The summed E-state index contributed by atoms with van der Waals surface area (Å²) in [4.78, 5) is 24.4. The highest BCUT2D eigenvalue weighted by Crippen LogP contribution is 2.30. The normalized spacial score (nSPS) is 11.0. The third kappa shape index (κ3) is 6.59. The number of hydrazone groups is 1. The van der Waals surface area contributed by atoms with E-state index in [0.29, 0.717) is 33.5 Å². The predicted octanol–water partition coefficient (Wildman–Crippen LogP) is 5.02. The Morgan fingerprint density at radius 2 is 1.65 bits per heavy atom. The zero-order valence-corrected chi connectivity index (χ0v) is 20.2. The lowest BCUT2D eigenvalue weighted by Gasteiger charge is -2.13. The van der Waals surface area contributed by atoms with Gasteiger partial charge in [0.1, 0.15) is 6.61 Å². The van der Waals surface area contributed by atoms with Crippen LogP contribution in [0.4, 0.5) is 5.69 Å². The average molecular weight is 480 g/mol. The number of carbonyl (C=O) groups is 2. The molecule has 0 radical (unpaired) electrons. The van der Waals surface area contributed by atoms with Crippen molar-refractivity contribution in [3.8, 4) is 11.5 Å². The molecule has 0 saturated carbocycles. The van der Waals surface area contributed by atoms with Crippen LogP contribution in [-0.4, -0.2) is 24.6 Å². The number of amides is 2. The van der Waals surface area contributed by atoms with E-state index in [9.17, 15) is 9.59 Å². The molecule has 0 fully saturated rings. The molecule has 0 unspecified atom stereocenters. The van der Waals surface area contributed by atoms with Gasteiger partial charge in [-0.1, -0.05) is 35.9 Å². The SMILES string of the molecule is COc1cc(/C(C)=N/NC(=O)C(=O)Nc2cc(C)cc(C)c2)ccc1OCc1ccccc1Cl. The molecule has 0 aliphatic heterocycles. The third-order valence-electron chi connectivity index (χ3n) is 4.93. The maximum absolute atomic E-state index is 12.2. The van der Waals surface area contributed by atoms with Gasteiger partial charge in [-0.3, -0.25) is 9.59 Å². The number of hydrogen-bond donors (Lipinski definition) is 2. The molecule has 0 aromatic heterocycles. The topological polar surface area (TPSA) is 89.0 Å². The van der Waals surface area contributed by atoms with Crippen molar-refractivity contribution in [2.45, 2.75) is 27.4 Å². The van der Waals surface area contributed by atoms with Crippen LogP contribution >= 0.6 is 11.6 Å². The van der Waals surface area contributed by atoms with Gasteiger partial charge in [-0.2, -0.15) is 5.10 Å². The van der Waals surface area contributed by atoms with Gasteiger partial charge in [-0.05, 0) is 68.3 Å². The van der Waals surface area contributed by atoms with Gasteiger partial charge in [-0.25, -0.2) is 5.43 Å². The maximum atomic E-state index is 12.2. The van der Waals surface area contributed by atoms with Crippen LogP contribution in [0.5, 0.6) is 11.5 Å². The number of methoxy groups -OCH3 is 1. The monoisotopic (exact) mass is 479 g/mol. The van der Waals surface area contributed by atoms with Gasteiger partial charge in [0, 0.05) is 21.8 Å². The van der Waals surface area contributed by atoms with E-state index in [4.69, 9.17) is 21.1 Å². The van der Waals surface area contributed by atoms with Crippen molar-refractivity contribution in [2.24, 2.45) is 5.10 Å². The fourth-order valence-electron chi connectivity index (χ4n) is 3.27. The molecule has 8 heteroatoms. The molecular formula is C26H26ClN3O4. The van der Waals surface area contributed by atoms with Crippen molar-refractivity contribution >= 4 is 34.8 Å². The Hall–Kier alpha value is -3.84. The highest BCUT2D eigenvalue weighted by molar-refractivity contribution is 6.39. The Labute approximate surface area is 203 Å². The van der Waals surface area contributed by atoms with Gasteiger partial charge in [0.05, 0.1) is 12.8 Å². The Balaban J connectivity index is 1.64. The molecular weight excluding hydrogens is 454 g/mol. The number of rotatable bonds is 7. The van der Waals surface area contributed by atoms with E-state index >= 15 is 0 Å². The summed E-state index contributed by atoms with van der Waals surface area (Å²) >= 11 is 6.18. The van der Waals surface area contributed by atoms with Crippen LogP contribution in [0, 0.1) is 13.8 Å². The molecule has 0 atom stereocenters. The van der Waals surface area contributed by atoms with E-state index in [-0.39, 0.29) is 6.61 Å². The van der Waals surface area contributed by atoms with Crippen LogP contribution in [0.3, 0.4) is 0 Å². The number of benzene rings is 3. The number of nitrogens with zero attached hydrogens (tertiary/aromatic N) is 1. The van der Waals surface area contributed by atoms with Gasteiger partial charge in [0.15, 0.2) is 11.5 Å². The molecule has 2 amide bonds. The Morgan fingerprint density at radius 3 is 2.32 bits per heavy atom. The minimum atomic E-state index is -0.870. The Kier molecular flexibility index (Phi) is 8.27. The summed E-state index contributed by atoms with van der Waals surface area (Å²) in [6, 6.07) is 18.3. The molecule has 0 bridgehead atoms. The van der Waals surface area contributed by atoms with E-state index < -0.39 is 11.8 Å². The highest BCUT2D eigenvalue weighted by Gasteiger charge is 2.14. The first-order valence-corrected chi connectivity index (χ1v) is 10.9. The van der Waals surface area contributed by atoms with E-state index in [0.717, 1.165) is 16.7 Å². The predicted molar refractivity (Wildman–Crippen MR) is 134 cm³/mol. The molecule has 3 aromatic rings. The number of aryl methyl sites for hydroxylation is 2. The molecule has 7 nitrogen and oxygen atoms in total. The fourth-order valence-corrected chi connectivity index (χ4v) is 3.46. The smallest absolute Gasteiger partial charge is 0.329 e. The van der Waals surface area contributed by atoms with Crippen LogP contribution in [-0.2, 0) is 16.2 Å². The maximum Gasteiger partial charge on any atom is 0.329 e. The number of anilines is 1. The quantitative estimate of drug-likeness (QED) is 0.283. The van der Waals surface area contributed by atoms with Crippen molar-refractivity contribution in [1.29, 1.82) is 0 Å². The van der Waals surface area contributed by atoms with Gasteiger partial charge in [0.2, 0.25) is 0 Å². The summed E-state index contributed by atoms with van der Waals surface area (Å²) in [5.41, 5.74) is 6.84. The molecule has 0 heterocycles. The standard InChI is InChI=1S/C26H26ClN3O4/c1-16-11-17(2)13-21(12-16)28-25(31)26(32)30-29-18(3)19-9-10-23(24(14-19)33-4)34-15-20-7-5-6-8-22(20)27/h5-14H,15H2,1-4H3,(H,28,31)(H,30,32)/b29-18+. The summed E-state index contributed by atoms with van der Waals surface area (Å²) in [6.45, 7) is 5.82. The Morgan fingerprint density at radius 1 is 0.941 bits per heavy atom. The zero-order chi connectivity index (χ0) is 24.7. The van der Waals surface area contributed by atoms with E-state index in [1.165, 1.54) is 7.11 Å². The Bertz CT molecular complexity index is 1220. The van der Waals surface area contributed by atoms with Crippen molar-refractivity contribution in [1.82, 2.24) is 5.43 Å². The molecule has 2 N–H and O–H groups in total. The van der Waals surface area contributed by atoms with E-state index in [1.54, 1.807) is 43.3 Å². The van der Waals surface area contributed by atoms with Crippen LogP contribution in [0.1, 0.15) is 29.2 Å². The summed E-state index contributed by atoms with van der Waals surface area (Å²) in [7, 11) is 1.53. The van der Waals surface area contributed by atoms with Crippen molar-refractivity contribution in [3.63, 3.8) is 0 Å². The number of hydrogen-bond acceptors (Lipinski definition) is 5. The number of nitrogens with one attached hydrogen (secondary N) is 2. The molecule has 0 saturated heterocycles. The van der Waals surface area contributed by atoms with Gasteiger partial charge < -0.3 is 14.8 Å². The molecule has 3 rings (SSSR count).